The van der Waals surface area contributed by atoms with Crippen LogP contribution in [0.5, 0.6) is 0 Å². The summed E-state index contributed by atoms with van der Waals surface area (Å²) in [5.41, 5.74) is 1.22. The topological polar surface area (TPSA) is 90.3 Å². The standard InChI is InChI=1S/C16H16ClN3O3S2/c1-9-10(2)24-16(13(9)8-18)19-15(21)12-7-11(5-6-14(12)17)25(22,23)20(3)4/h5-7H,1-4H3,(H,19,21). The number of halogens is 1. The van der Waals surface area contributed by atoms with Gasteiger partial charge in [0.05, 0.1) is 21.0 Å². The van der Waals surface area contributed by atoms with Crippen LogP contribution in [0.25, 0.3) is 0 Å². The first-order valence-corrected chi connectivity index (χ1v) is 9.76. The highest BCUT2D eigenvalue weighted by Crippen LogP contribution is 2.32. The number of aryl methyl sites for hydroxylation is 1. The maximum atomic E-state index is 12.6. The number of nitriles is 1. The maximum absolute atomic E-state index is 12.6. The molecule has 9 heteroatoms. The minimum Gasteiger partial charge on any atom is -0.312 e. The molecule has 0 fully saturated rings. The van der Waals surface area contributed by atoms with Gasteiger partial charge in [-0.1, -0.05) is 11.6 Å². The molecule has 0 saturated heterocycles. The third-order valence-corrected chi connectivity index (χ3v) is 6.95. The zero-order valence-corrected chi connectivity index (χ0v) is 16.4. The summed E-state index contributed by atoms with van der Waals surface area (Å²) in [5.74, 6) is -0.571. The Labute approximate surface area is 155 Å². The van der Waals surface area contributed by atoms with E-state index < -0.39 is 15.9 Å². The first kappa shape index (κ1) is 19.4. The van der Waals surface area contributed by atoms with Gasteiger partial charge in [-0.3, -0.25) is 4.79 Å². The van der Waals surface area contributed by atoms with Crippen LogP contribution in [0.2, 0.25) is 5.02 Å². The Kier molecular flexibility index (Phi) is 5.54. The molecule has 0 bridgehead atoms. The molecule has 6 nitrogen and oxygen atoms in total. The van der Waals surface area contributed by atoms with Crippen molar-refractivity contribution in [3.8, 4) is 6.07 Å². The van der Waals surface area contributed by atoms with E-state index in [0.29, 0.717) is 10.6 Å². The highest BCUT2D eigenvalue weighted by Gasteiger charge is 2.22. The number of nitrogens with one attached hydrogen (secondary N) is 1. The Morgan fingerprint density at radius 3 is 2.52 bits per heavy atom. The van der Waals surface area contributed by atoms with Crippen LogP contribution in [0.15, 0.2) is 23.1 Å². The van der Waals surface area contributed by atoms with E-state index in [4.69, 9.17) is 11.6 Å². The Hall–Kier alpha value is -1.92. The highest BCUT2D eigenvalue weighted by atomic mass is 35.5. The van der Waals surface area contributed by atoms with Crippen LogP contribution in [-0.4, -0.2) is 32.7 Å². The van der Waals surface area contributed by atoms with Crippen LogP contribution in [0.1, 0.15) is 26.4 Å². The Morgan fingerprint density at radius 2 is 1.96 bits per heavy atom. The van der Waals surface area contributed by atoms with Crippen LogP contribution in [0, 0.1) is 25.2 Å². The van der Waals surface area contributed by atoms with E-state index in [0.717, 1.165) is 14.7 Å². The largest absolute Gasteiger partial charge is 0.312 e. The van der Waals surface area contributed by atoms with Gasteiger partial charge in [0.2, 0.25) is 10.0 Å². The van der Waals surface area contributed by atoms with Crippen LogP contribution in [-0.2, 0) is 10.0 Å². The van der Waals surface area contributed by atoms with E-state index in [9.17, 15) is 18.5 Å². The lowest BCUT2D eigenvalue weighted by Gasteiger charge is -2.13. The number of carbonyl (C=O) groups excluding carboxylic acids is 1. The van der Waals surface area contributed by atoms with Crippen molar-refractivity contribution in [3.63, 3.8) is 0 Å². The number of sulfonamides is 1. The number of benzene rings is 1. The predicted octanol–water partition coefficient (Wildman–Crippen LogP) is 3.39. The summed E-state index contributed by atoms with van der Waals surface area (Å²) < 4.78 is 25.5. The van der Waals surface area contributed by atoms with Gasteiger partial charge in [-0.25, -0.2) is 12.7 Å². The molecule has 0 aliphatic rings. The van der Waals surface area contributed by atoms with E-state index in [1.54, 1.807) is 6.92 Å². The summed E-state index contributed by atoms with van der Waals surface area (Å²) in [6.45, 7) is 3.66. The minimum atomic E-state index is -3.69. The molecule has 0 atom stereocenters. The summed E-state index contributed by atoms with van der Waals surface area (Å²) in [6.07, 6.45) is 0. The van der Waals surface area contributed by atoms with E-state index >= 15 is 0 Å². The molecule has 1 aromatic carbocycles. The number of nitrogens with zero attached hydrogens (tertiary/aromatic N) is 2. The van der Waals surface area contributed by atoms with E-state index in [1.807, 2.05) is 6.92 Å². The summed E-state index contributed by atoms with van der Waals surface area (Å²) >= 11 is 7.35. The van der Waals surface area contributed by atoms with Crippen LogP contribution < -0.4 is 5.32 Å². The second-order valence-corrected chi connectivity index (χ2v) is 9.27. The average molecular weight is 398 g/mol. The van der Waals surface area contributed by atoms with Gasteiger partial charge in [0.25, 0.3) is 5.91 Å². The fraction of sp³-hybridized carbons (Fsp3) is 0.250. The van der Waals surface area contributed by atoms with Crippen molar-refractivity contribution in [3.05, 3.63) is 44.8 Å². The lowest BCUT2D eigenvalue weighted by atomic mass is 10.1. The van der Waals surface area contributed by atoms with Gasteiger partial charge in [0, 0.05) is 19.0 Å². The van der Waals surface area contributed by atoms with Gasteiger partial charge in [-0.2, -0.15) is 5.26 Å². The Morgan fingerprint density at radius 1 is 1.32 bits per heavy atom. The van der Waals surface area contributed by atoms with Crippen molar-refractivity contribution in [1.29, 1.82) is 5.26 Å². The van der Waals surface area contributed by atoms with Crippen molar-refractivity contribution in [2.75, 3.05) is 19.4 Å². The number of anilines is 1. The lowest BCUT2D eigenvalue weighted by molar-refractivity contribution is 0.102. The van der Waals surface area contributed by atoms with E-state index in [-0.39, 0.29) is 15.5 Å². The first-order valence-electron chi connectivity index (χ1n) is 7.13. The normalized spacial score (nSPS) is 11.4. The first-order chi connectivity index (χ1) is 11.6. The molecular weight excluding hydrogens is 382 g/mol. The zero-order chi connectivity index (χ0) is 18.9. The summed E-state index contributed by atoms with van der Waals surface area (Å²) in [5, 5.41) is 12.4. The van der Waals surface area contributed by atoms with E-state index in [2.05, 4.69) is 11.4 Å². The number of thiophene rings is 1. The van der Waals surface area contributed by atoms with Crippen molar-refractivity contribution < 1.29 is 13.2 Å². The molecule has 0 aliphatic heterocycles. The minimum absolute atomic E-state index is 0.0252. The van der Waals surface area contributed by atoms with Crippen LogP contribution in [0.4, 0.5) is 5.00 Å². The molecule has 1 heterocycles. The van der Waals surface area contributed by atoms with Crippen molar-refractivity contribution in [1.82, 2.24) is 4.31 Å². The molecular formula is C16H16ClN3O3S2. The number of hydrogen-bond donors (Lipinski definition) is 1. The summed E-state index contributed by atoms with van der Waals surface area (Å²) in [4.78, 5) is 13.4. The third kappa shape index (κ3) is 3.70. The second-order valence-electron chi connectivity index (χ2n) is 5.48. The summed E-state index contributed by atoms with van der Waals surface area (Å²) in [7, 11) is -0.887. The molecule has 1 aromatic heterocycles. The van der Waals surface area contributed by atoms with Gasteiger partial charge in [-0.15, -0.1) is 11.3 Å². The zero-order valence-electron chi connectivity index (χ0n) is 14.0. The molecule has 0 aliphatic carbocycles. The van der Waals surface area contributed by atoms with Gasteiger partial charge in [-0.05, 0) is 37.6 Å². The molecule has 25 heavy (non-hydrogen) atoms. The van der Waals surface area contributed by atoms with Gasteiger partial charge < -0.3 is 5.32 Å². The Balaban J connectivity index is 2.44. The molecule has 0 saturated carbocycles. The average Bonchev–Trinajstić information content (AvgIpc) is 2.80. The maximum Gasteiger partial charge on any atom is 0.257 e. The quantitative estimate of drug-likeness (QED) is 0.856. The highest BCUT2D eigenvalue weighted by molar-refractivity contribution is 7.89. The molecule has 0 spiro atoms. The monoisotopic (exact) mass is 397 g/mol. The molecule has 0 radical (unpaired) electrons. The van der Waals surface area contributed by atoms with Gasteiger partial charge in [0.15, 0.2) is 0 Å². The fourth-order valence-corrected chi connectivity index (χ4v) is 4.21. The molecule has 132 valence electrons. The van der Waals surface area contributed by atoms with Crippen molar-refractivity contribution >= 4 is 43.9 Å². The number of rotatable bonds is 4. The number of amides is 1. The smallest absolute Gasteiger partial charge is 0.257 e. The lowest BCUT2D eigenvalue weighted by Crippen LogP contribution is -2.23. The van der Waals surface area contributed by atoms with Crippen molar-refractivity contribution in [2.45, 2.75) is 18.7 Å². The molecule has 1 amide bonds. The molecule has 1 N–H and O–H groups in total. The Bertz CT molecular complexity index is 989. The van der Waals surface area contributed by atoms with Crippen LogP contribution >= 0.6 is 22.9 Å². The third-order valence-electron chi connectivity index (χ3n) is 3.69. The SMILES string of the molecule is Cc1sc(NC(=O)c2cc(S(=O)(=O)N(C)C)ccc2Cl)c(C#N)c1C. The number of hydrogen-bond acceptors (Lipinski definition) is 5. The van der Waals surface area contributed by atoms with Gasteiger partial charge in [0.1, 0.15) is 11.1 Å². The summed E-state index contributed by atoms with van der Waals surface area (Å²) in [6, 6.07) is 6.00. The van der Waals surface area contributed by atoms with Crippen molar-refractivity contribution in [2.24, 2.45) is 0 Å². The molecule has 2 rings (SSSR count). The second kappa shape index (κ2) is 7.14. The molecule has 2 aromatic rings. The van der Waals surface area contributed by atoms with E-state index in [1.165, 1.54) is 43.6 Å². The molecule has 0 unspecified atom stereocenters. The van der Waals surface area contributed by atoms with Crippen LogP contribution in [0.3, 0.4) is 0 Å². The predicted molar refractivity (Wildman–Crippen MR) is 98.8 cm³/mol. The fourth-order valence-electron chi connectivity index (χ4n) is 2.07. The van der Waals surface area contributed by atoms with Gasteiger partial charge >= 0.3 is 0 Å². The number of carbonyl (C=O) groups is 1.